The van der Waals surface area contributed by atoms with Gasteiger partial charge in [-0.15, -0.1) is 0 Å². The van der Waals surface area contributed by atoms with Gasteiger partial charge in [0.1, 0.15) is 11.6 Å². The molecule has 7 heteroatoms. The summed E-state index contributed by atoms with van der Waals surface area (Å²) in [5.74, 6) is -0.0886. The molecule has 0 aliphatic rings. The van der Waals surface area contributed by atoms with Crippen LogP contribution in [0.2, 0.25) is 0 Å². The first-order chi connectivity index (χ1) is 11.3. The Morgan fingerprint density at radius 1 is 1.29 bits per heavy atom. The van der Waals surface area contributed by atoms with Crippen LogP contribution in [-0.4, -0.2) is 38.2 Å². The molecule has 1 amide bonds. The van der Waals surface area contributed by atoms with E-state index in [0.717, 1.165) is 0 Å². The van der Waals surface area contributed by atoms with E-state index >= 15 is 0 Å². The second-order valence-corrected chi connectivity index (χ2v) is 5.30. The number of amides is 1. The van der Waals surface area contributed by atoms with Gasteiger partial charge >= 0.3 is 5.97 Å². The maximum absolute atomic E-state index is 11.9. The summed E-state index contributed by atoms with van der Waals surface area (Å²) < 4.78 is 15.0. The summed E-state index contributed by atoms with van der Waals surface area (Å²) in [6.07, 6.45) is 2.87. The van der Waals surface area contributed by atoms with Gasteiger partial charge in [0.25, 0.3) is 0 Å². The van der Waals surface area contributed by atoms with Crippen molar-refractivity contribution in [3.63, 3.8) is 0 Å². The quantitative estimate of drug-likeness (QED) is 0.602. The number of hydrogen-bond acceptors (Lipinski definition) is 6. The normalized spacial score (nSPS) is 10.8. The predicted octanol–water partition coefficient (Wildman–Crippen LogP) is 1.68. The molecule has 24 heavy (non-hydrogen) atoms. The van der Waals surface area contributed by atoms with E-state index in [1.165, 1.54) is 20.3 Å². The minimum absolute atomic E-state index is 0.0867. The molecule has 0 fully saturated rings. The van der Waals surface area contributed by atoms with Crippen LogP contribution in [0.5, 0.6) is 11.5 Å². The lowest BCUT2D eigenvalue weighted by atomic mass is 10.1. The summed E-state index contributed by atoms with van der Waals surface area (Å²) in [7, 11) is 2.74. The number of esters is 1. The minimum Gasteiger partial charge on any atom is -0.493 e. The SMILES string of the molecule is COC(=O)C(C)(C)NC(=O)/C=C/c1ccc(OCC#N)c(OC)c1. The number of hydrogen-bond donors (Lipinski definition) is 1. The number of benzene rings is 1. The first kappa shape index (κ1) is 19.0. The number of carbonyl (C=O) groups excluding carboxylic acids is 2. The maximum atomic E-state index is 11.9. The van der Waals surface area contributed by atoms with Crippen LogP contribution in [-0.2, 0) is 14.3 Å². The Bertz CT molecular complexity index is 674. The summed E-state index contributed by atoms with van der Waals surface area (Å²) in [6, 6.07) is 6.90. The van der Waals surface area contributed by atoms with Gasteiger partial charge in [-0.2, -0.15) is 5.26 Å². The Morgan fingerprint density at radius 3 is 2.58 bits per heavy atom. The highest BCUT2D eigenvalue weighted by atomic mass is 16.5. The lowest BCUT2D eigenvalue weighted by molar-refractivity contribution is -0.148. The molecule has 0 unspecified atom stereocenters. The molecule has 0 heterocycles. The van der Waals surface area contributed by atoms with Crippen LogP contribution in [0.15, 0.2) is 24.3 Å². The zero-order valence-corrected chi connectivity index (χ0v) is 14.1. The molecule has 1 aromatic rings. The van der Waals surface area contributed by atoms with E-state index in [0.29, 0.717) is 17.1 Å². The highest BCUT2D eigenvalue weighted by molar-refractivity contribution is 5.95. The van der Waals surface area contributed by atoms with Crippen molar-refractivity contribution in [3.8, 4) is 17.6 Å². The summed E-state index contributed by atoms with van der Waals surface area (Å²) in [5.41, 5.74) is -0.426. The number of ether oxygens (including phenoxy) is 3. The Kier molecular flexibility index (Phi) is 6.80. The lowest BCUT2D eigenvalue weighted by Crippen LogP contribution is -2.49. The van der Waals surface area contributed by atoms with Crippen molar-refractivity contribution >= 4 is 18.0 Å². The first-order valence-corrected chi connectivity index (χ1v) is 7.10. The van der Waals surface area contributed by atoms with E-state index in [2.05, 4.69) is 10.1 Å². The minimum atomic E-state index is -1.12. The van der Waals surface area contributed by atoms with Gasteiger partial charge in [-0.3, -0.25) is 4.79 Å². The van der Waals surface area contributed by atoms with E-state index in [9.17, 15) is 9.59 Å². The van der Waals surface area contributed by atoms with E-state index in [1.807, 2.05) is 6.07 Å². The molecule has 0 radical (unpaired) electrons. The zero-order chi connectivity index (χ0) is 18.2. The molecule has 0 saturated carbocycles. The van der Waals surface area contributed by atoms with Crippen LogP contribution in [0.25, 0.3) is 6.08 Å². The Balaban J connectivity index is 2.81. The number of methoxy groups -OCH3 is 2. The lowest BCUT2D eigenvalue weighted by Gasteiger charge is -2.22. The van der Waals surface area contributed by atoms with Crippen LogP contribution in [0.4, 0.5) is 0 Å². The van der Waals surface area contributed by atoms with Crippen molar-refractivity contribution in [3.05, 3.63) is 29.8 Å². The van der Waals surface area contributed by atoms with Crippen LogP contribution < -0.4 is 14.8 Å². The summed E-state index contributed by atoms with van der Waals surface area (Å²) in [6.45, 7) is 3.01. The molecule has 0 atom stereocenters. The highest BCUT2D eigenvalue weighted by Crippen LogP contribution is 2.28. The molecule has 0 aliphatic carbocycles. The molecule has 0 saturated heterocycles. The fraction of sp³-hybridized carbons (Fsp3) is 0.353. The molecule has 0 aromatic heterocycles. The van der Waals surface area contributed by atoms with Crippen molar-refractivity contribution in [1.29, 1.82) is 5.26 Å². The average Bonchev–Trinajstić information content (AvgIpc) is 2.57. The molecule has 7 nitrogen and oxygen atoms in total. The van der Waals surface area contributed by atoms with Crippen molar-refractivity contribution in [1.82, 2.24) is 5.32 Å². The molecular weight excluding hydrogens is 312 g/mol. The third-order valence-corrected chi connectivity index (χ3v) is 3.04. The molecule has 1 N–H and O–H groups in total. The molecule has 0 bridgehead atoms. The molecule has 0 spiro atoms. The molecule has 1 rings (SSSR count). The molecule has 1 aromatic carbocycles. The zero-order valence-electron chi connectivity index (χ0n) is 14.1. The number of carbonyl (C=O) groups is 2. The van der Waals surface area contributed by atoms with Gasteiger partial charge in [-0.1, -0.05) is 6.07 Å². The van der Waals surface area contributed by atoms with Gasteiger partial charge in [0, 0.05) is 6.08 Å². The second kappa shape index (κ2) is 8.58. The third kappa shape index (κ3) is 5.32. The summed E-state index contributed by atoms with van der Waals surface area (Å²) in [4.78, 5) is 23.5. The number of rotatable bonds is 7. The molecule has 0 aliphatic heterocycles. The van der Waals surface area contributed by atoms with E-state index in [4.69, 9.17) is 14.7 Å². The van der Waals surface area contributed by atoms with Crippen LogP contribution >= 0.6 is 0 Å². The fourth-order valence-electron chi connectivity index (χ4n) is 1.84. The van der Waals surface area contributed by atoms with Crippen molar-refractivity contribution in [2.75, 3.05) is 20.8 Å². The maximum Gasteiger partial charge on any atom is 0.330 e. The summed E-state index contributed by atoms with van der Waals surface area (Å²) in [5, 5.41) is 11.1. The Morgan fingerprint density at radius 2 is 2.00 bits per heavy atom. The average molecular weight is 332 g/mol. The number of nitrogens with zero attached hydrogens (tertiary/aromatic N) is 1. The van der Waals surface area contributed by atoms with Crippen molar-refractivity contribution in [2.45, 2.75) is 19.4 Å². The Labute approximate surface area is 140 Å². The number of nitriles is 1. The molecule has 128 valence electrons. The van der Waals surface area contributed by atoms with E-state index < -0.39 is 17.4 Å². The van der Waals surface area contributed by atoms with Gasteiger partial charge < -0.3 is 19.5 Å². The van der Waals surface area contributed by atoms with E-state index in [-0.39, 0.29) is 6.61 Å². The van der Waals surface area contributed by atoms with Gasteiger partial charge in [0.05, 0.1) is 14.2 Å². The van der Waals surface area contributed by atoms with Gasteiger partial charge in [-0.05, 0) is 37.6 Å². The Hall–Kier alpha value is -3.01. The highest BCUT2D eigenvalue weighted by Gasteiger charge is 2.29. The van der Waals surface area contributed by atoms with Gasteiger partial charge in [0.2, 0.25) is 5.91 Å². The predicted molar refractivity (Wildman–Crippen MR) is 87.4 cm³/mol. The largest absolute Gasteiger partial charge is 0.493 e. The number of nitrogens with one attached hydrogen (secondary N) is 1. The van der Waals surface area contributed by atoms with Crippen LogP contribution in [0, 0.1) is 11.3 Å². The van der Waals surface area contributed by atoms with Gasteiger partial charge in [0.15, 0.2) is 18.1 Å². The third-order valence-electron chi connectivity index (χ3n) is 3.04. The van der Waals surface area contributed by atoms with Crippen molar-refractivity contribution < 1.29 is 23.8 Å². The van der Waals surface area contributed by atoms with E-state index in [1.54, 1.807) is 38.1 Å². The summed E-state index contributed by atoms with van der Waals surface area (Å²) >= 11 is 0. The van der Waals surface area contributed by atoms with Crippen LogP contribution in [0.3, 0.4) is 0 Å². The first-order valence-electron chi connectivity index (χ1n) is 7.10. The fourth-order valence-corrected chi connectivity index (χ4v) is 1.84. The monoisotopic (exact) mass is 332 g/mol. The second-order valence-electron chi connectivity index (χ2n) is 5.30. The van der Waals surface area contributed by atoms with Crippen LogP contribution in [0.1, 0.15) is 19.4 Å². The van der Waals surface area contributed by atoms with Crippen molar-refractivity contribution in [2.24, 2.45) is 0 Å². The molecular formula is C17H20N2O5. The van der Waals surface area contributed by atoms with Gasteiger partial charge in [-0.25, -0.2) is 4.79 Å². The smallest absolute Gasteiger partial charge is 0.330 e. The topological polar surface area (TPSA) is 97.6 Å². The standard InChI is InChI=1S/C17H20N2O5/c1-17(2,16(21)23-4)19-15(20)8-6-12-5-7-13(24-10-9-18)14(11-12)22-3/h5-8,11H,10H2,1-4H3,(H,19,20)/b8-6+.